The van der Waals surface area contributed by atoms with Crippen molar-refractivity contribution in [3.63, 3.8) is 0 Å². The fraction of sp³-hybridized carbons (Fsp3) is 0.350. The molecule has 2 aromatic rings. The lowest BCUT2D eigenvalue weighted by atomic mass is 10.1. The van der Waals surface area contributed by atoms with Crippen LogP contribution < -0.4 is 14.8 Å². The molecule has 0 amide bonds. The van der Waals surface area contributed by atoms with Crippen LogP contribution in [0, 0.1) is 0 Å². The Morgan fingerprint density at radius 2 is 1.72 bits per heavy atom. The van der Waals surface area contributed by atoms with Gasteiger partial charge in [-0.2, -0.15) is 0 Å². The zero-order valence-electron chi connectivity index (χ0n) is 14.1. The Balaban J connectivity index is 1.64. The second kappa shape index (κ2) is 8.53. The van der Waals surface area contributed by atoms with E-state index < -0.39 is 12.0 Å². The molecule has 2 N–H and O–H groups in total. The number of hydrogen-bond acceptors (Lipinski definition) is 4. The Labute approximate surface area is 147 Å². The van der Waals surface area contributed by atoms with Crippen LogP contribution in [0.3, 0.4) is 0 Å². The number of carbonyl (C=O) groups is 1. The van der Waals surface area contributed by atoms with Gasteiger partial charge in [-0.15, -0.1) is 0 Å². The van der Waals surface area contributed by atoms with Gasteiger partial charge in [-0.3, -0.25) is 4.79 Å². The fourth-order valence-corrected chi connectivity index (χ4v) is 2.80. The van der Waals surface area contributed by atoms with Gasteiger partial charge >= 0.3 is 5.97 Å². The van der Waals surface area contributed by atoms with E-state index >= 15 is 0 Å². The molecule has 0 saturated carbocycles. The van der Waals surface area contributed by atoms with Crippen LogP contribution in [0.1, 0.15) is 24.0 Å². The topological polar surface area (TPSA) is 67.8 Å². The molecule has 0 fully saturated rings. The number of aliphatic carboxylic acids is 1. The van der Waals surface area contributed by atoms with Crippen LogP contribution in [0.2, 0.25) is 0 Å². The van der Waals surface area contributed by atoms with Crippen molar-refractivity contribution in [1.82, 2.24) is 5.32 Å². The highest BCUT2D eigenvalue weighted by Crippen LogP contribution is 2.30. The van der Waals surface area contributed by atoms with E-state index in [-0.39, 0.29) is 0 Å². The Bertz CT molecular complexity index is 702. The second-order valence-electron chi connectivity index (χ2n) is 6.15. The quantitative estimate of drug-likeness (QED) is 0.845. The third-order valence-corrected chi connectivity index (χ3v) is 4.20. The molecular formula is C20H23NO4. The SMILES string of the molecule is O=C(O)[C@H](Cc1ccccc1)NCc1ccc2c(c1)OCCCCO2. The van der Waals surface area contributed by atoms with Crippen molar-refractivity contribution in [1.29, 1.82) is 0 Å². The van der Waals surface area contributed by atoms with E-state index in [2.05, 4.69) is 5.32 Å². The Kier molecular flexibility index (Phi) is 5.90. The lowest BCUT2D eigenvalue weighted by molar-refractivity contribution is -0.139. The Morgan fingerprint density at radius 1 is 1.00 bits per heavy atom. The second-order valence-corrected chi connectivity index (χ2v) is 6.15. The van der Waals surface area contributed by atoms with E-state index in [0.717, 1.165) is 35.5 Å². The number of ether oxygens (including phenoxy) is 2. The van der Waals surface area contributed by atoms with Gasteiger partial charge in [0.15, 0.2) is 11.5 Å². The number of carboxylic acids is 1. The minimum absolute atomic E-state index is 0.445. The van der Waals surface area contributed by atoms with Crippen molar-refractivity contribution in [2.45, 2.75) is 31.8 Å². The maximum atomic E-state index is 11.5. The minimum Gasteiger partial charge on any atom is -0.490 e. The summed E-state index contributed by atoms with van der Waals surface area (Å²) in [4.78, 5) is 11.5. The molecule has 1 heterocycles. The van der Waals surface area contributed by atoms with Crippen LogP contribution >= 0.6 is 0 Å². The van der Waals surface area contributed by atoms with Crippen LogP contribution in [0.5, 0.6) is 11.5 Å². The zero-order valence-corrected chi connectivity index (χ0v) is 14.1. The summed E-state index contributed by atoms with van der Waals surface area (Å²) in [5.41, 5.74) is 1.97. The summed E-state index contributed by atoms with van der Waals surface area (Å²) in [7, 11) is 0. The first-order valence-electron chi connectivity index (χ1n) is 8.61. The maximum Gasteiger partial charge on any atom is 0.321 e. The van der Waals surface area contributed by atoms with Gasteiger partial charge < -0.3 is 19.9 Å². The average molecular weight is 341 g/mol. The van der Waals surface area contributed by atoms with Crippen LogP contribution in [0.15, 0.2) is 48.5 Å². The highest BCUT2D eigenvalue weighted by atomic mass is 16.5. The van der Waals surface area contributed by atoms with Crippen LogP contribution in [0.4, 0.5) is 0 Å². The summed E-state index contributed by atoms with van der Waals surface area (Å²) in [5, 5.41) is 12.6. The third kappa shape index (κ3) is 4.97. The van der Waals surface area contributed by atoms with Gasteiger partial charge in [0.05, 0.1) is 13.2 Å². The van der Waals surface area contributed by atoms with Gasteiger partial charge in [0.25, 0.3) is 0 Å². The van der Waals surface area contributed by atoms with Crippen molar-refractivity contribution in [3.8, 4) is 11.5 Å². The molecule has 0 bridgehead atoms. The first-order chi connectivity index (χ1) is 12.2. The molecule has 1 aliphatic rings. The maximum absolute atomic E-state index is 11.5. The molecule has 0 aromatic heterocycles. The minimum atomic E-state index is -0.852. The Morgan fingerprint density at radius 3 is 2.44 bits per heavy atom. The molecule has 1 atom stereocenters. The van der Waals surface area contributed by atoms with E-state index in [1.807, 2.05) is 48.5 Å². The molecule has 1 aliphatic heterocycles. The molecule has 0 unspecified atom stereocenters. The fourth-order valence-electron chi connectivity index (χ4n) is 2.80. The summed E-state index contributed by atoms with van der Waals surface area (Å²) in [6.45, 7) is 1.84. The van der Waals surface area contributed by atoms with Crippen molar-refractivity contribution in [2.75, 3.05) is 13.2 Å². The predicted octanol–water partition coefficient (Wildman–Crippen LogP) is 3.02. The van der Waals surface area contributed by atoms with Gasteiger partial charge in [0, 0.05) is 6.54 Å². The third-order valence-electron chi connectivity index (χ3n) is 4.20. The molecule has 25 heavy (non-hydrogen) atoms. The van der Waals surface area contributed by atoms with Gasteiger partial charge in [0.2, 0.25) is 0 Å². The number of carboxylic acid groups (broad SMARTS) is 1. The largest absolute Gasteiger partial charge is 0.490 e. The van der Waals surface area contributed by atoms with Crippen LogP contribution in [-0.2, 0) is 17.8 Å². The monoisotopic (exact) mass is 341 g/mol. The van der Waals surface area contributed by atoms with Crippen molar-refractivity contribution in [3.05, 3.63) is 59.7 Å². The van der Waals surface area contributed by atoms with Crippen LogP contribution in [-0.4, -0.2) is 30.3 Å². The van der Waals surface area contributed by atoms with E-state index in [9.17, 15) is 9.90 Å². The number of hydrogen-bond donors (Lipinski definition) is 2. The van der Waals surface area contributed by atoms with Gasteiger partial charge in [0.1, 0.15) is 6.04 Å². The molecule has 0 spiro atoms. The lowest BCUT2D eigenvalue weighted by Gasteiger charge is -2.18. The highest BCUT2D eigenvalue weighted by Gasteiger charge is 2.18. The normalized spacial score (nSPS) is 15.0. The number of fused-ring (bicyclic) bond motifs is 1. The average Bonchev–Trinajstić information content (AvgIpc) is 2.60. The van der Waals surface area contributed by atoms with E-state index in [4.69, 9.17) is 9.47 Å². The zero-order chi connectivity index (χ0) is 17.5. The highest BCUT2D eigenvalue weighted by molar-refractivity contribution is 5.73. The van der Waals surface area contributed by atoms with E-state index in [1.165, 1.54) is 0 Å². The van der Waals surface area contributed by atoms with Crippen LogP contribution in [0.25, 0.3) is 0 Å². The molecule has 5 nitrogen and oxygen atoms in total. The molecule has 2 aromatic carbocycles. The van der Waals surface area contributed by atoms with Gasteiger partial charge in [-0.25, -0.2) is 0 Å². The summed E-state index contributed by atoms with van der Waals surface area (Å²) in [6.07, 6.45) is 2.41. The molecule has 0 saturated heterocycles. The molecule has 0 radical (unpaired) electrons. The summed E-state index contributed by atoms with van der Waals surface area (Å²) >= 11 is 0. The van der Waals surface area contributed by atoms with Gasteiger partial charge in [-0.1, -0.05) is 36.4 Å². The van der Waals surface area contributed by atoms with Gasteiger partial charge in [-0.05, 0) is 42.5 Å². The summed E-state index contributed by atoms with van der Waals surface area (Å²) < 4.78 is 11.4. The first-order valence-corrected chi connectivity index (χ1v) is 8.61. The first kappa shape index (κ1) is 17.3. The van der Waals surface area contributed by atoms with Crippen molar-refractivity contribution in [2.24, 2.45) is 0 Å². The number of benzene rings is 2. The summed E-state index contributed by atoms with van der Waals surface area (Å²) in [6, 6.07) is 14.8. The number of rotatable bonds is 6. The summed E-state index contributed by atoms with van der Waals surface area (Å²) in [5.74, 6) is 0.631. The van der Waals surface area contributed by atoms with E-state index in [0.29, 0.717) is 26.2 Å². The van der Waals surface area contributed by atoms with Crippen molar-refractivity contribution >= 4 is 5.97 Å². The molecule has 132 valence electrons. The lowest BCUT2D eigenvalue weighted by Crippen LogP contribution is -2.38. The standard InChI is InChI=1S/C20H23NO4/c22-20(23)17(12-15-6-2-1-3-7-15)21-14-16-8-9-18-19(13-16)25-11-5-4-10-24-18/h1-3,6-9,13,17,21H,4-5,10-12,14H2,(H,22,23)/t17-/m0/s1. The number of nitrogens with one attached hydrogen (secondary N) is 1. The molecule has 0 aliphatic carbocycles. The van der Waals surface area contributed by atoms with E-state index in [1.54, 1.807) is 0 Å². The smallest absolute Gasteiger partial charge is 0.321 e. The molecular weight excluding hydrogens is 318 g/mol. The molecule has 3 rings (SSSR count). The van der Waals surface area contributed by atoms with Crippen molar-refractivity contribution < 1.29 is 19.4 Å². The Hall–Kier alpha value is -2.53. The predicted molar refractivity (Wildman–Crippen MR) is 95.1 cm³/mol. The molecule has 5 heteroatoms.